The zero-order valence-electron chi connectivity index (χ0n) is 10.2. The van der Waals surface area contributed by atoms with E-state index in [-0.39, 0.29) is 15.7 Å². The molecule has 5 nitrogen and oxygen atoms in total. The first kappa shape index (κ1) is 14.7. The summed E-state index contributed by atoms with van der Waals surface area (Å²) in [5.41, 5.74) is 0.339. The number of thiophene rings is 1. The van der Waals surface area contributed by atoms with Crippen LogP contribution in [0.2, 0.25) is 4.34 Å². The van der Waals surface area contributed by atoms with E-state index in [0.717, 1.165) is 11.3 Å². The van der Waals surface area contributed by atoms with Crippen LogP contribution < -0.4 is 8.92 Å². The molecule has 0 saturated carbocycles. The molecule has 1 heterocycles. The van der Waals surface area contributed by atoms with Crippen LogP contribution in [0.1, 0.15) is 5.56 Å². The second-order valence-electron chi connectivity index (χ2n) is 3.57. The van der Waals surface area contributed by atoms with E-state index in [1.165, 1.54) is 37.4 Å². The van der Waals surface area contributed by atoms with Crippen LogP contribution in [0.15, 0.2) is 34.5 Å². The van der Waals surface area contributed by atoms with E-state index < -0.39 is 10.1 Å². The molecule has 0 N–H and O–H groups in total. The molecule has 0 fully saturated rings. The van der Waals surface area contributed by atoms with E-state index in [9.17, 15) is 8.42 Å². The largest absolute Gasteiger partial charge is 0.493 e. The molecule has 20 heavy (non-hydrogen) atoms. The first-order valence-electron chi connectivity index (χ1n) is 5.24. The quantitative estimate of drug-likeness (QED) is 0.806. The number of hydrogen-bond acceptors (Lipinski definition) is 6. The van der Waals surface area contributed by atoms with Gasteiger partial charge in [-0.15, -0.1) is 11.3 Å². The molecule has 8 heteroatoms. The smallest absolute Gasteiger partial charge is 0.348 e. The summed E-state index contributed by atoms with van der Waals surface area (Å²) < 4.78 is 34.5. The standard InChI is InChI=1S/C12H8ClNO4S2/c1-17-10-6-8(7-14)2-3-9(10)18-20(15,16)12-5-4-11(13)19-12/h2-6H,1H3. The first-order valence-corrected chi connectivity index (χ1v) is 7.84. The molecule has 1 aromatic heterocycles. The zero-order chi connectivity index (χ0) is 14.8. The van der Waals surface area contributed by atoms with Gasteiger partial charge in [0.1, 0.15) is 0 Å². The number of halogens is 1. The number of methoxy groups -OCH3 is 1. The summed E-state index contributed by atoms with van der Waals surface area (Å²) in [6, 6.07) is 8.96. The molecule has 0 saturated heterocycles. The van der Waals surface area contributed by atoms with Gasteiger partial charge in [-0.25, -0.2) is 0 Å². The van der Waals surface area contributed by atoms with E-state index in [1.54, 1.807) is 0 Å². The monoisotopic (exact) mass is 329 g/mol. The van der Waals surface area contributed by atoms with Crippen molar-refractivity contribution in [3.8, 4) is 17.6 Å². The van der Waals surface area contributed by atoms with Gasteiger partial charge < -0.3 is 8.92 Å². The van der Waals surface area contributed by atoms with Crippen molar-refractivity contribution in [3.63, 3.8) is 0 Å². The van der Waals surface area contributed by atoms with Gasteiger partial charge in [-0.2, -0.15) is 13.7 Å². The van der Waals surface area contributed by atoms with E-state index >= 15 is 0 Å². The lowest BCUT2D eigenvalue weighted by atomic mass is 10.2. The van der Waals surface area contributed by atoms with Crippen molar-refractivity contribution in [2.45, 2.75) is 4.21 Å². The summed E-state index contributed by atoms with van der Waals surface area (Å²) in [7, 11) is -2.61. The second kappa shape index (κ2) is 5.71. The van der Waals surface area contributed by atoms with Crippen LogP contribution >= 0.6 is 22.9 Å². The highest BCUT2D eigenvalue weighted by molar-refractivity contribution is 7.89. The summed E-state index contributed by atoms with van der Waals surface area (Å²) >= 11 is 6.60. The lowest BCUT2D eigenvalue weighted by Crippen LogP contribution is -2.08. The molecule has 0 unspecified atom stereocenters. The highest BCUT2D eigenvalue weighted by Crippen LogP contribution is 2.33. The zero-order valence-corrected chi connectivity index (χ0v) is 12.6. The summed E-state index contributed by atoms with van der Waals surface area (Å²) in [6.45, 7) is 0. The van der Waals surface area contributed by atoms with Gasteiger partial charge in [0.2, 0.25) is 0 Å². The number of nitrogens with zero attached hydrogens (tertiary/aromatic N) is 1. The van der Waals surface area contributed by atoms with Crippen molar-refractivity contribution in [1.29, 1.82) is 5.26 Å². The molecule has 104 valence electrons. The SMILES string of the molecule is COc1cc(C#N)ccc1OS(=O)(=O)c1ccc(Cl)s1. The van der Waals surface area contributed by atoms with Gasteiger partial charge in [0.25, 0.3) is 0 Å². The molecule has 0 aliphatic rings. The Balaban J connectivity index is 2.37. The lowest BCUT2D eigenvalue weighted by Gasteiger charge is -2.09. The van der Waals surface area contributed by atoms with Crippen LogP contribution in [0, 0.1) is 11.3 Å². The van der Waals surface area contributed by atoms with Crippen LogP contribution in [0.25, 0.3) is 0 Å². The second-order valence-corrected chi connectivity index (χ2v) is 7.06. The van der Waals surface area contributed by atoms with E-state index in [4.69, 9.17) is 25.8 Å². The maximum absolute atomic E-state index is 12.0. The Labute approximate surface area is 125 Å². The highest BCUT2D eigenvalue weighted by atomic mass is 35.5. The van der Waals surface area contributed by atoms with Gasteiger partial charge in [-0.3, -0.25) is 0 Å². The molecule has 0 bridgehead atoms. The Morgan fingerprint density at radius 2 is 2.00 bits per heavy atom. The summed E-state index contributed by atoms with van der Waals surface area (Å²) in [5, 5.41) is 8.78. The molecule has 0 amide bonds. The number of nitriles is 1. The van der Waals surface area contributed by atoms with Gasteiger partial charge >= 0.3 is 10.1 Å². The van der Waals surface area contributed by atoms with Gasteiger partial charge in [-0.05, 0) is 24.3 Å². The molecule has 0 spiro atoms. The average Bonchev–Trinajstić information content (AvgIpc) is 2.86. The fourth-order valence-corrected chi connectivity index (χ4v) is 3.78. The first-order chi connectivity index (χ1) is 9.46. The molecule has 2 rings (SSSR count). The number of ether oxygens (including phenoxy) is 1. The fraction of sp³-hybridized carbons (Fsp3) is 0.0833. The number of benzene rings is 1. The van der Waals surface area contributed by atoms with Crippen LogP contribution in [-0.2, 0) is 10.1 Å². The van der Waals surface area contributed by atoms with Crippen molar-refractivity contribution in [3.05, 3.63) is 40.2 Å². The topological polar surface area (TPSA) is 76.4 Å². The molecule has 1 aromatic carbocycles. The lowest BCUT2D eigenvalue weighted by molar-refractivity contribution is 0.390. The molecule has 2 aromatic rings. The van der Waals surface area contributed by atoms with Gasteiger partial charge in [0.05, 0.1) is 23.1 Å². The maximum atomic E-state index is 12.0. The summed E-state index contributed by atoms with van der Waals surface area (Å²) in [6.07, 6.45) is 0. The third-order valence-electron chi connectivity index (χ3n) is 2.29. The predicted octanol–water partition coefficient (Wildman–Crippen LogP) is 3.05. The van der Waals surface area contributed by atoms with Gasteiger partial charge in [0.15, 0.2) is 15.7 Å². The number of hydrogen-bond donors (Lipinski definition) is 0. The minimum atomic E-state index is -3.97. The van der Waals surface area contributed by atoms with Crippen molar-refractivity contribution >= 4 is 33.1 Å². The molecular weight excluding hydrogens is 322 g/mol. The number of rotatable bonds is 4. The van der Waals surface area contributed by atoms with E-state index in [1.807, 2.05) is 6.07 Å². The Morgan fingerprint density at radius 3 is 2.55 bits per heavy atom. The van der Waals surface area contributed by atoms with Crippen molar-refractivity contribution < 1.29 is 17.3 Å². The summed E-state index contributed by atoms with van der Waals surface area (Å²) in [4.78, 5) is 0. The third kappa shape index (κ3) is 3.04. The van der Waals surface area contributed by atoms with E-state index in [2.05, 4.69) is 0 Å². The Bertz CT molecular complexity index is 777. The van der Waals surface area contributed by atoms with Crippen molar-refractivity contribution in [2.24, 2.45) is 0 Å². The van der Waals surface area contributed by atoms with Crippen molar-refractivity contribution in [2.75, 3.05) is 7.11 Å². The molecular formula is C12H8ClNO4S2. The molecule has 0 aliphatic carbocycles. The van der Waals surface area contributed by atoms with Gasteiger partial charge in [-0.1, -0.05) is 11.6 Å². The van der Waals surface area contributed by atoms with Crippen LogP contribution in [0.3, 0.4) is 0 Å². The predicted molar refractivity (Wildman–Crippen MR) is 74.9 cm³/mol. The Kier molecular flexibility index (Phi) is 4.18. The Morgan fingerprint density at radius 1 is 1.25 bits per heavy atom. The fourth-order valence-electron chi connectivity index (χ4n) is 1.40. The van der Waals surface area contributed by atoms with Crippen molar-refractivity contribution in [1.82, 2.24) is 0 Å². The Hall–Kier alpha value is -1.75. The minimum absolute atomic E-state index is 0.00564. The van der Waals surface area contributed by atoms with Crippen LogP contribution in [0.4, 0.5) is 0 Å². The highest BCUT2D eigenvalue weighted by Gasteiger charge is 2.21. The van der Waals surface area contributed by atoms with Crippen LogP contribution in [-0.4, -0.2) is 15.5 Å². The van der Waals surface area contributed by atoms with Crippen LogP contribution in [0.5, 0.6) is 11.5 Å². The molecule has 0 atom stereocenters. The van der Waals surface area contributed by atoms with E-state index in [0.29, 0.717) is 9.90 Å². The summed E-state index contributed by atoms with van der Waals surface area (Å²) in [5.74, 6) is 0.173. The average molecular weight is 330 g/mol. The third-order valence-corrected chi connectivity index (χ3v) is 5.20. The molecule has 0 radical (unpaired) electrons. The minimum Gasteiger partial charge on any atom is -0.493 e. The maximum Gasteiger partial charge on any atom is 0.348 e. The van der Waals surface area contributed by atoms with Gasteiger partial charge in [0, 0.05) is 6.07 Å². The molecule has 0 aliphatic heterocycles. The normalized spacial score (nSPS) is 10.8.